The summed E-state index contributed by atoms with van der Waals surface area (Å²) in [6, 6.07) is 10.3. The Morgan fingerprint density at radius 2 is 1.78 bits per heavy atom. The van der Waals surface area contributed by atoms with E-state index in [0.717, 1.165) is 0 Å². The number of para-hydroxylation sites is 1. The van der Waals surface area contributed by atoms with Crippen molar-refractivity contribution in [2.24, 2.45) is 0 Å². The zero-order chi connectivity index (χ0) is 19.4. The Morgan fingerprint density at radius 3 is 2.37 bits per heavy atom. The van der Waals surface area contributed by atoms with Crippen LogP contribution in [0, 0.1) is 0 Å². The number of ether oxygens (including phenoxy) is 1. The second kappa shape index (κ2) is 8.03. The van der Waals surface area contributed by atoms with Crippen LogP contribution in [0.15, 0.2) is 41.2 Å². The van der Waals surface area contributed by atoms with Crippen LogP contribution in [-0.4, -0.2) is 59.3 Å². The predicted octanol–water partition coefficient (Wildman–Crippen LogP) is 1.08. The van der Waals surface area contributed by atoms with E-state index in [4.69, 9.17) is 4.74 Å². The number of hydrogen-bond donors (Lipinski definition) is 0. The van der Waals surface area contributed by atoms with Gasteiger partial charge in [0.2, 0.25) is 5.91 Å². The molecule has 0 N–H and O–H groups in total. The summed E-state index contributed by atoms with van der Waals surface area (Å²) < 4.78 is 6.34. The molecule has 1 fully saturated rings. The van der Waals surface area contributed by atoms with E-state index in [1.165, 1.54) is 17.7 Å². The Hall–Kier alpha value is -3.16. The molecule has 0 bridgehead atoms. The highest BCUT2D eigenvalue weighted by Gasteiger charge is 2.26. The van der Waals surface area contributed by atoms with E-state index in [1.54, 1.807) is 36.1 Å². The predicted molar refractivity (Wildman–Crippen MR) is 100 cm³/mol. The Labute approximate surface area is 157 Å². The summed E-state index contributed by atoms with van der Waals surface area (Å²) in [6.07, 6.45) is 0. The van der Waals surface area contributed by atoms with Crippen molar-refractivity contribution < 1.29 is 14.3 Å². The average molecular weight is 370 g/mol. The lowest BCUT2D eigenvalue weighted by Gasteiger charge is -2.35. The quantitative estimate of drug-likeness (QED) is 0.749. The smallest absolute Gasteiger partial charge is 0.360 e. The molecule has 8 nitrogen and oxygen atoms in total. The molecule has 1 amide bonds. The van der Waals surface area contributed by atoms with Gasteiger partial charge in [0.25, 0.3) is 5.56 Å². The van der Waals surface area contributed by atoms with Gasteiger partial charge in [-0.25, -0.2) is 4.79 Å². The fourth-order valence-electron chi connectivity index (χ4n) is 3.05. The lowest BCUT2D eigenvalue weighted by Crippen LogP contribution is -2.49. The number of anilines is 1. The topological polar surface area (TPSA) is 84.7 Å². The van der Waals surface area contributed by atoms with Crippen LogP contribution in [0.3, 0.4) is 0 Å². The summed E-state index contributed by atoms with van der Waals surface area (Å²) in [4.78, 5) is 40.3. The summed E-state index contributed by atoms with van der Waals surface area (Å²) in [7, 11) is 0. The maximum absolute atomic E-state index is 12.6. The lowest BCUT2D eigenvalue weighted by atomic mass is 10.2. The zero-order valence-electron chi connectivity index (χ0n) is 15.4. The van der Waals surface area contributed by atoms with Crippen molar-refractivity contribution in [1.29, 1.82) is 0 Å². The van der Waals surface area contributed by atoms with Crippen LogP contribution in [-0.2, 0) is 9.53 Å². The van der Waals surface area contributed by atoms with Gasteiger partial charge in [0.15, 0.2) is 5.69 Å². The SMILES string of the molecule is CCOC(=O)c1nn(-c2ccccc2)c(=O)cc1N1CCN(C(C)=O)CC1. The van der Waals surface area contributed by atoms with Gasteiger partial charge in [0, 0.05) is 39.2 Å². The third kappa shape index (κ3) is 3.99. The first-order valence-corrected chi connectivity index (χ1v) is 8.88. The molecule has 0 saturated carbocycles. The van der Waals surface area contributed by atoms with Crippen LogP contribution in [0.2, 0.25) is 0 Å². The molecular formula is C19H22N4O4. The molecule has 1 aromatic heterocycles. The van der Waals surface area contributed by atoms with E-state index in [-0.39, 0.29) is 23.8 Å². The van der Waals surface area contributed by atoms with Crippen LogP contribution >= 0.6 is 0 Å². The normalized spacial score (nSPS) is 14.1. The number of rotatable bonds is 4. The number of esters is 1. The molecule has 0 atom stereocenters. The molecule has 1 aliphatic rings. The molecule has 1 aliphatic heterocycles. The van der Waals surface area contributed by atoms with Crippen LogP contribution in [0.4, 0.5) is 5.69 Å². The first-order valence-electron chi connectivity index (χ1n) is 8.88. The van der Waals surface area contributed by atoms with Crippen molar-refractivity contribution in [2.45, 2.75) is 13.8 Å². The molecule has 0 aliphatic carbocycles. The number of aromatic nitrogens is 2. The van der Waals surface area contributed by atoms with Gasteiger partial charge in [0.05, 0.1) is 18.0 Å². The highest BCUT2D eigenvalue weighted by Crippen LogP contribution is 2.20. The fourth-order valence-corrected chi connectivity index (χ4v) is 3.05. The van der Waals surface area contributed by atoms with Crippen molar-refractivity contribution in [3.05, 3.63) is 52.4 Å². The Balaban J connectivity index is 2.00. The standard InChI is InChI=1S/C19H22N4O4/c1-3-27-19(26)18-16(22-11-9-21(10-12-22)14(2)24)13-17(25)23(20-18)15-7-5-4-6-8-15/h4-8,13H,3,9-12H2,1-2H3. The van der Waals surface area contributed by atoms with E-state index in [0.29, 0.717) is 37.6 Å². The number of carbonyl (C=O) groups excluding carboxylic acids is 2. The number of piperazine rings is 1. The molecule has 0 radical (unpaired) electrons. The van der Waals surface area contributed by atoms with Gasteiger partial charge in [-0.2, -0.15) is 9.78 Å². The van der Waals surface area contributed by atoms with Crippen molar-refractivity contribution >= 4 is 17.6 Å². The van der Waals surface area contributed by atoms with E-state index in [2.05, 4.69) is 5.10 Å². The van der Waals surface area contributed by atoms with Gasteiger partial charge in [-0.05, 0) is 19.1 Å². The number of amides is 1. The molecule has 8 heteroatoms. The summed E-state index contributed by atoms with van der Waals surface area (Å²) in [5, 5.41) is 4.30. The van der Waals surface area contributed by atoms with E-state index in [1.807, 2.05) is 11.0 Å². The summed E-state index contributed by atoms with van der Waals surface area (Å²) in [6.45, 7) is 5.55. The number of benzene rings is 1. The minimum absolute atomic E-state index is 0.0119. The second-order valence-corrected chi connectivity index (χ2v) is 6.18. The Kier molecular flexibility index (Phi) is 5.54. The molecule has 1 saturated heterocycles. The number of carbonyl (C=O) groups is 2. The molecule has 2 heterocycles. The molecule has 142 valence electrons. The van der Waals surface area contributed by atoms with Gasteiger partial charge >= 0.3 is 5.97 Å². The van der Waals surface area contributed by atoms with Crippen LogP contribution in [0.25, 0.3) is 5.69 Å². The van der Waals surface area contributed by atoms with Gasteiger partial charge in [-0.15, -0.1) is 0 Å². The molecule has 0 spiro atoms. The molecule has 1 aromatic carbocycles. The van der Waals surface area contributed by atoms with Gasteiger partial charge < -0.3 is 14.5 Å². The Morgan fingerprint density at radius 1 is 1.11 bits per heavy atom. The third-order valence-corrected chi connectivity index (χ3v) is 4.45. The minimum atomic E-state index is -0.578. The fraction of sp³-hybridized carbons (Fsp3) is 0.368. The van der Waals surface area contributed by atoms with Crippen molar-refractivity contribution in [3.63, 3.8) is 0 Å². The zero-order valence-corrected chi connectivity index (χ0v) is 15.4. The molecule has 2 aromatic rings. The van der Waals surface area contributed by atoms with Crippen molar-refractivity contribution in [3.8, 4) is 5.69 Å². The van der Waals surface area contributed by atoms with Crippen LogP contribution in [0.1, 0.15) is 24.3 Å². The second-order valence-electron chi connectivity index (χ2n) is 6.18. The van der Waals surface area contributed by atoms with E-state index in [9.17, 15) is 14.4 Å². The minimum Gasteiger partial charge on any atom is -0.461 e. The summed E-state index contributed by atoms with van der Waals surface area (Å²) in [5.74, 6) is -0.566. The largest absolute Gasteiger partial charge is 0.461 e. The molecule has 27 heavy (non-hydrogen) atoms. The van der Waals surface area contributed by atoms with Crippen molar-refractivity contribution in [1.82, 2.24) is 14.7 Å². The molecule has 0 unspecified atom stereocenters. The van der Waals surface area contributed by atoms with Gasteiger partial charge in [0.1, 0.15) is 0 Å². The Bertz CT molecular complexity index is 886. The van der Waals surface area contributed by atoms with Gasteiger partial charge in [-0.1, -0.05) is 18.2 Å². The average Bonchev–Trinajstić information content (AvgIpc) is 2.68. The first-order chi connectivity index (χ1) is 13.0. The summed E-state index contributed by atoms with van der Waals surface area (Å²) in [5.41, 5.74) is 0.768. The highest BCUT2D eigenvalue weighted by molar-refractivity contribution is 5.93. The molecular weight excluding hydrogens is 348 g/mol. The van der Waals surface area contributed by atoms with Crippen molar-refractivity contribution in [2.75, 3.05) is 37.7 Å². The number of hydrogen-bond acceptors (Lipinski definition) is 6. The maximum atomic E-state index is 12.6. The lowest BCUT2D eigenvalue weighted by molar-refractivity contribution is -0.129. The third-order valence-electron chi connectivity index (χ3n) is 4.45. The van der Waals surface area contributed by atoms with E-state index < -0.39 is 5.97 Å². The van der Waals surface area contributed by atoms with Crippen LogP contribution < -0.4 is 10.5 Å². The van der Waals surface area contributed by atoms with Crippen LogP contribution in [0.5, 0.6) is 0 Å². The first kappa shape index (κ1) is 18.6. The van der Waals surface area contributed by atoms with Gasteiger partial charge in [-0.3, -0.25) is 9.59 Å². The number of nitrogens with zero attached hydrogens (tertiary/aromatic N) is 4. The molecule has 3 rings (SSSR count). The van der Waals surface area contributed by atoms with E-state index >= 15 is 0 Å². The maximum Gasteiger partial charge on any atom is 0.360 e. The summed E-state index contributed by atoms with van der Waals surface area (Å²) >= 11 is 0. The highest BCUT2D eigenvalue weighted by atomic mass is 16.5. The monoisotopic (exact) mass is 370 g/mol.